The number of likely N-dealkylation sites (N-methyl/N-ethyl adjacent to an activating group) is 1. The van der Waals surface area contributed by atoms with Crippen molar-refractivity contribution in [2.75, 3.05) is 33.3 Å². The summed E-state index contributed by atoms with van der Waals surface area (Å²) in [5.41, 5.74) is 1.03. The molecule has 6 heteroatoms. The minimum atomic E-state index is -0.263. The lowest BCUT2D eigenvalue weighted by molar-refractivity contribution is -0.123. The molecule has 1 saturated heterocycles. The van der Waals surface area contributed by atoms with Gasteiger partial charge in [0.2, 0.25) is 5.91 Å². The molecule has 0 radical (unpaired) electrons. The van der Waals surface area contributed by atoms with Gasteiger partial charge in [-0.1, -0.05) is 23.7 Å². The van der Waals surface area contributed by atoms with E-state index in [0.717, 1.165) is 25.3 Å². The van der Waals surface area contributed by atoms with Crippen molar-refractivity contribution in [1.82, 2.24) is 15.5 Å². The fourth-order valence-corrected chi connectivity index (χ4v) is 2.69. The highest BCUT2D eigenvalue weighted by Crippen LogP contribution is 2.16. The Kier molecular flexibility index (Phi) is 6.84. The summed E-state index contributed by atoms with van der Waals surface area (Å²) >= 11 is 5.89. The van der Waals surface area contributed by atoms with Crippen molar-refractivity contribution >= 4 is 17.5 Å². The van der Waals surface area contributed by atoms with E-state index in [4.69, 9.17) is 16.3 Å². The van der Waals surface area contributed by atoms with Crippen molar-refractivity contribution in [2.24, 2.45) is 0 Å². The van der Waals surface area contributed by atoms with E-state index in [1.54, 1.807) is 0 Å². The Labute approximate surface area is 143 Å². The van der Waals surface area contributed by atoms with Crippen molar-refractivity contribution in [3.8, 4) is 0 Å². The van der Waals surface area contributed by atoms with E-state index in [1.165, 1.54) is 0 Å². The Hall–Kier alpha value is -1.14. The molecule has 1 aliphatic rings. The number of morpholine rings is 1. The number of nitrogens with one attached hydrogen (secondary N) is 2. The van der Waals surface area contributed by atoms with Crippen LogP contribution in [0.3, 0.4) is 0 Å². The molecule has 1 amide bonds. The van der Waals surface area contributed by atoms with Crippen LogP contribution in [0.1, 0.15) is 25.5 Å². The molecule has 1 aromatic carbocycles. The molecule has 0 saturated carbocycles. The number of benzene rings is 1. The number of hydrogen-bond donors (Lipinski definition) is 2. The van der Waals surface area contributed by atoms with E-state index in [9.17, 15) is 4.79 Å². The van der Waals surface area contributed by atoms with Crippen LogP contribution in [0, 0.1) is 0 Å². The minimum Gasteiger partial charge on any atom is -0.374 e. The lowest BCUT2D eigenvalue weighted by atomic mass is 10.1. The lowest BCUT2D eigenvalue weighted by Crippen LogP contribution is -2.49. The van der Waals surface area contributed by atoms with Crippen molar-refractivity contribution in [3.63, 3.8) is 0 Å². The minimum absolute atomic E-state index is 0.0170. The standard InChI is InChI=1S/C17H26ClN3O2/c1-12(14-4-6-15(18)7-5-14)20-17(22)13(2)19-10-16-11-21(3)8-9-23-16/h4-7,12-13,16,19H,8-11H2,1-3H3,(H,20,22)/t12-,13+,16-/m1/s1. The van der Waals surface area contributed by atoms with Gasteiger partial charge >= 0.3 is 0 Å². The summed E-state index contributed by atoms with van der Waals surface area (Å²) in [6, 6.07) is 7.20. The molecule has 23 heavy (non-hydrogen) atoms. The second-order valence-corrected chi connectivity index (χ2v) is 6.60. The Morgan fingerprint density at radius 2 is 2.09 bits per heavy atom. The third kappa shape index (κ3) is 5.77. The van der Waals surface area contributed by atoms with Crippen LogP contribution < -0.4 is 10.6 Å². The molecule has 1 aliphatic heterocycles. The number of carbonyl (C=O) groups excluding carboxylic acids is 1. The molecule has 2 N–H and O–H groups in total. The summed E-state index contributed by atoms with van der Waals surface area (Å²) in [5, 5.41) is 6.96. The second kappa shape index (κ2) is 8.64. The normalized spacial score (nSPS) is 21.7. The Morgan fingerprint density at radius 1 is 1.39 bits per heavy atom. The Balaban J connectivity index is 1.76. The first-order valence-electron chi connectivity index (χ1n) is 8.05. The number of amides is 1. The lowest BCUT2D eigenvalue weighted by Gasteiger charge is -2.31. The zero-order chi connectivity index (χ0) is 16.8. The van der Waals surface area contributed by atoms with Crippen LogP contribution in [0.15, 0.2) is 24.3 Å². The van der Waals surface area contributed by atoms with E-state index < -0.39 is 0 Å². The maximum absolute atomic E-state index is 12.3. The first kappa shape index (κ1) is 18.2. The second-order valence-electron chi connectivity index (χ2n) is 6.17. The predicted octanol–water partition coefficient (Wildman–Crippen LogP) is 1.83. The molecule has 0 aliphatic carbocycles. The van der Waals surface area contributed by atoms with E-state index in [-0.39, 0.29) is 24.1 Å². The molecular weight excluding hydrogens is 314 g/mol. The van der Waals surface area contributed by atoms with E-state index in [0.29, 0.717) is 11.6 Å². The van der Waals surface area contributed by atoms with Gasteiger partial charge in [0, 0.05) is 24.7 Å². The molecule has 0 unspecified atom stereocenters. The number of nitrogens with zero attached hydrogens (tertiary/aromatic N) is 1. The van der Waals surface area contributed by atoms with Gasteiger partial charge in [-0.3, -0.25) is 4.79 Å². The zero-order valence-corrected chi connectivity index (χ0v) is 14.8. The van der Waals surface area contributed by atoms with Gasteiger partial charge in [-0.05, 0) is 38.6 Å². The number of hydrogen-bond acceptors (Lipinski definition) is 4. The zero-order valence-electron chi connectivity index (χ0n) is 14.0. The maximum atomic E-state index is 12.3. The molecule has 2 rings (SSSR count). The van der Waals surface area contributed by atoms with Crippen molar-refractivity contribution in [1.29, 1.82) is 0 Å². The quantitative estimate of drug-likeness (QED) is 0.830. The summed E-state index contributed by atoms with van der Waals surface area (Å²) in [6.45, 7) is 7.11. The monoisotopic (exact) mass is 339 g/mol. The van der Waals surface area contributed by atoms with Crippen LogP contribution in [-0.4, -0.2) is 56.2 Å². The summed E-state index contributed by atoms with van der Waals surface area (Å²) < 4.78 is 5.69. The smallest absolute Gasteiger partial charge is 0.237 e. The largest absolute Gasteiger partial charge is 0.374 e. The van der Waals surface area contributed by atoms with Crippen LogP contribution in [0.4, 0.5) is 0 Å². The van der Waals surface area contributed by atoms with Crippen LogP contribution in [0.2, 0.25) is 5.02 Å². The number of rotatable bonds is 6. The van der Waals surface area contributed by atoms with Gasteiger partial charge in [-0.2, -0.15) is 0 Å². The molecule has 5 nitrogen and oxygen atoms in total. The maximum Gasteiger partial charge on any atom is 0.237 e. The van der Waals surface area contributed by atoms with Gasteiger partial charge in [0.15, 0.2) is 0 Å². The number of halogens is 1. The van der Waals surface area contributed by atoms with Gasteiger partial charge in [0.05, 0.1) is 24.8 Å². The van der Waals surface area contributed by atoms with Gasteiger partial charge < -0.3 is 20.3 Å². The van der Waals surface area contributed by atoms with Crippen molar-refractivity contribution < 1.29 is 9.53 Å². The van der Waals surface area contributed by atoms with Crippen LogP contribution in [0.5, 0.6) is 0 Å². The van der Waals surface area contributed by atoms with E-state index >= 15 is 0 Å². The third-order valence-electron chi connectivity index (χ3n) is 4.12. The van der Waals surface area contributed by atoms with Gasteiger partial charge in [-0.25, -0.2) is 0 Å². The van der Waals surface area contributed by atoms with Crippen LogP contribution in [0.25, 0.3) is 0 Å². The fourth-order valence-electron chi connectivity index (χ4n) is 2.56. The number of ether oxygens (including phenoxy) is 1. The average Bonchev–Trinajstić information content (AvgIpc) is 2.53. The highest BCUT2D eigenvalue weighted by atomic mass is 35.5. The van der Waals surface area contributed by atoms with Gasteiger partial charge in [0.1, 0.15) is 0 Å². The Morgan fingerprint density at radius 3 is 2.74 bits per heavy atom. The summed E-state index contributed by atoms with van der Waals surface area (Å²) in [5.74, 6) is -0.0170. The number of carbonyl (C=O) groups is 1. The SMILES string of the molecule is C[C@H](NC[C@@H]1CN(C)CCO1)C(=O)N[C@H](C)c1ccc(Cl)cc1. The third-order valence-corrected chi connectivity index (χ3v) is 4.37. The van der Waals surface area contributed by atoms with Crippen LogP contribution in [-0.2, 0) is 9.53 Å². The Bertz CT molecular complexity index is 509. The first-order valence-corrected chi connectivity index (χ1v) is 8.43. The molecule has 0 spiro atoms. The highest BCUT2D eigenvalue weighted by molar-refractivity contribution is 6.30. The molecule has 128 valence electrons. The molecule has 1 heterocycles. The molecule has 1 fully saturated rings. The van der Waals surface area contributed by atoms with Gasteiger partial charge in [-0.15, -0.1) is 0 Å². The highest BCUT2D eigenvalue weighted by Gasteiger charge is 2.21. The van der Waals surface area contributed by atoms with Crippen molar-refractivity contribution in [2.45, 2.75) is 32.0 Å². The molecule has 0 bridgehead atoms. The predicted molar refractivity (Wildman–Crippen MR) is 92.7 cm³/mol. The summed E-state index contributed by atoms with van der Waals surface area (Å²) in [6.07, 6.45) is 0.137. The molecular formula is C17H26ClN3O2. The van der Waals surface area contributed by atoms with Crippen LogP contribution >= 0.6 is 11.6 Å². The van der Waals surface area contributed by atoms with E-state index in [1.807, 2.05) is 38.1 Å². The van der Waals surface area contributed by atoms with E-state index in [2.05, 4.69) is 22.6 Å². The molecule has 1 aromatic rings. The summed E-state index contributed by atoms with van der Waals surface area (Å²) in [7, 11) is 2.08. The average molecular weight is 340 g/mol. The summed E-state index contributed by atoms with van der Waals surface area (Å²) in [4.78, 5) is 14.5. The molecule has 3 atom stereocenters. The van der Waals surface area contributed by atoms with Gasteiger partial charge in [0.25, 0.3) is 0 Å². The molecule has 0 aromatic heterocycles. The first-order chi connectivity index (χ1) is 11.0. The fraction of sp³-hybridized carbons (Fsp3) is 0.588. The van der Waals surface area contributed by atoms with Crippen molar-refractivity contribution in [3.05, 3.63) is 34.9 Å². The topological polar surface area (TPSA) is 53.6 Å².